The third kappa shape index (κ3) is 3.08. The van der Waals surface area contributed by atoms with E-state index in [1.165, 1.54) is 4.90 Å². The molecule has 2 nitrogen and oxygen atoms in total. The average molecular weight is 224 g/mol. The van der Waals surface area contributed by atoms with Gasteiger partial charge in [-0.1, -0.05) is 0 Å². The molecule has 1 aliphatic heterocycles. The second-order valence-corrected chi connectivity index (χ2v) is 4.40. The van der Waals surface area contributed by atoms with Crippen molar-refractivity contribution >= 4 is 0 Å². The van der Waals surface area contributed by atoms with Gasteiger partial charge in [-0.05, 0) is 46.3 Å². The summed E-state index contributed by atoms with van der Waals surface area (Å²) in [6, 6.07) is -1.12. The first kappa shape index (κ1) is 12.8. The molecule has 0 radical (unpaired) electrons. The number of hydrogen-bond acceptors (Lipinski definition) is 2. The number of nitrogens with one attached hydrogen (secondary N) is 1. The number of nitrogens with zero attached hydrogens (tertiary/aromatic N) is 1. The van der Waals surface area contributed by atoms with E-state index >= 15 is 0 Å². The Kier molecular flexibility index (Phi) is 4.00. The third-order valence-electron chi connectivity index (χ3n) is 3.45. The summed E-state index contributed by atoms with van der Waals surface area (Å²) in [6.45, 7) is 2.48. The normalized spacial score (nSPS) is 31.6. The van der Waals surface area contributed by atoms with E-state index < -0.39 is 12.2 Å². The highest BCUT2D eigenvalue weighted by Gasteiger charge is 2.45. The summed E-state index contributed by atoms with van der Waals surface area (Å²) in [5.41, 5.74) is 0. The summed E-state index contributed by atoms with van der Waals surface area (Å²) in [6.07, 6.45) is -3.05. The third-order valence-corrected chi connectivity index (χ3v) is 3.45. The molecule has 1 saturated heterocycles. The van der Waals surface area contributed by atoms with Crippen molar-refractivity contribution in [1.29, 1.82) is 0 Å². The zero-order valence-corrected chi connectivity index (χ0v) is 9.43. The molecule has 0 saturated carbocycles. The summed E-state index contributed by atoms with van der Waals surface area (Å²) in [5, 5.41) is 3.04. The molecule has 0 spiro atoms. The summed E-state index contributed by atoms with van der Waals surface area (Å²) >= 11 is 0. The van der Waals surface area contributed by atoms with Crippen molar-refractivity contribution in [2.24, 2.45) is 5.92 Å². The largest absolute Gasteiger partial charge is 0.404 e. The van der Waals surface area contributed by atoms with Gasteiger partial charge in [0.05, 0.1) is 0 Å². The molecule has 0 aromatic heterocycles. The van der Waals surface area contributed by atoms with Crippen LogP contribution >= 0.6 is 0 Å². The van der Waals surface area contributed by atoms with Gasteiger partial charge in [0.2, 0.25) is 0 Å². The second-order valence-electron chi connectivity index (χ2n) is 4.40. The minimum atomic E-state index is -4.10. The van der Waals surface area contributed by atoms with Crippen LogP contribution in [0.5, 0.6) is 0 Å². The quantitative estimate of drug-likeness (QED) is 0.770. The van der Waals surface area contributed by atoms with E-state index in [4.69, 9.17) is 0 Å². The SMILES string of the molecule is CNC(C)C1CCN(C)C(C(F)(F)F)C1. The van der Waals surface area contributed by atoms with Crippen LogP contribution in [0.4, 0.5) is 13.2 Å². The van der Waals surface area contributed by atoms with Crippen LogP contribution in [-0.2, 0) is 0 Å². The van der Waals surface area contributed by atoms with Crippen LogP contribution in [0.1, 0.15) is 19.8 Å². The van der Waals surface area contributed by atoms with E-state index in [0.29, 0.717) is 6.54 Å². The van der Waals surface area contributed by atoms with Gasteiger partial charge in [0.15, 0.2) is 0 Å². The Morgan fingerprint density at radius 1 is 1.40 bits per heavy atom. The van der Waals surface area contributed by atoms with E-state index in [1.807, 2.05) is 6.92 Å². The maximum atomic E-state index is 12.7. The lowest BCUT2D eigenvalue weighted by atomic mass is 9.86. The first-order valence-electron chi connectivity index (χ1n) is 5.30. The first-order valence-corrected chi connectivity index (χ1v) is 5.30. The molecule has 1 rings (SSSR count). The number of halogens is 3. The van der Waals surface area contributed by atoms with Crippen LogP contribution in [0, 0.1) is 5.92 Å². The van der Waals surface area contributed by atoms with Crippen LogP contribution in [0.25, 0.3) is 0 Å². The van der Waals surface area contributed by atoms with Crippen molar-refractivity contribution in [3.63, 3.8) is 0 Å². The van der Waals surface area contributed by atoms with Crippen LogP contribution in [0.2, 0.25) is 0 Å². The van der Waals surface area contributed by atoms with Gasteiger partial charge in [-0.3, -0.25) is 4.90 Å². The topological polar surface area (TPSA) is 15.3 Å². The summed E-state index contributed by atoms with van der Waals surface area (Å²) in [5.74, 6) is 0.123. The van der Waals surface area contributed by atoms with Gasteiger partial charge in [0.1, 0.15) is 6.04 Å². The molecule has 0 aromatic rings. The Balaban J connectivity index is 2.64. The molecule has 0 bridgehead atoms. The summed E-state index contributed by atoms with van der Waals surface area (Å²) < 4.78 is 38.0. The molecule has 0 amide bonds. The first-order chi connectivity index (χ1) is 6.86. The van der Waals surface area contributed by atoms with Crippen molar-refractivity contribution in [2.75, 3.05) is 20.6 Å². The molecular weight excluding hydrogens is 205 g/mol. The van der Waals surface area contributed by atoms with E-state index in [2.05, 4.69) is 5.32 Å². The molecular formula is C10H19F3N2. The van der Waals surface area contributed by atoms with Gasteiger partial charge in [0, 0.05) is 6.04 Å². The average Bonchev–Trinajstić information content (AvgIpc) is 2.15. The Hall–Kier alpha value is -0.290. The van der Waals surface area contributed by atoms with Crippen molar-refractivity contribution in [1.82, 2.24) is 10.2 Å². The Bertz CT molecular complexity index is 205. The van der Waals surface area contributed by atoms with Gasteiger partial charge < -0.3 is 5.32 Å². The lowest BCUT2D eigenvalue weighted by Gasteiger charge is -2.40. The van der Waals surface area contributed by atoms with Crippen molar-refractivity contribution in [2.45, 2.75) is 38.0 Å². The van der Waals surface area contributed by atoms with Gasteiger partial charge >= 0.3 is 6.18 Å². The zero-order valence-electron chi connectivity index (χ0n) is 9.43. The smallest absolute Gasteiger partial charge is 0.317 e. The highest BCUT2D eigenvalue weighted by atomic mass is 19.4. The number of likely N-dealkylation sites (tertiary alicyclic amines) is 1. The minimum absolute atomic E-state index is 0.123. The highest BCUT2D eigenvalue weighted by Crippen LogP contribution is 2.34. The Morgan fingerprint density at radius 2 is 2.00 bits per heavy atom. The Labute approximate surface area is 88.8 Å². The summed E-state index contributed by atoms with van der Waals surface area (Å²) in [4.78, 5) is 1.42. The van der Waals surface area contributed by atoms with Gasteiger partial charge in [-0.25, -0.2) is 0 Å². The van der Waals surface area contributed by atoms with Crippen molar-refractivity contribution in [3.05, 3.63) is 0 Å². The molecule has 3 atom stereocenters. The predicted octanol–water partition coefficient (Wildman–Crippen LogP) is 1.87. The van der Waals surface area contributed by atoms with Crippen LogP contribution in [0.15, 0.2) is 0 Å². The molecule has 1 N–H and O–H groups in total. The molecule has 0 aliphatic carbocycles. The van der Waals surface area contributed by atoms with E-state index in [1.54, 1.807) is 14.1 Å². The number of alkyl halides is 3. The number of rotatable bonds is 2. The van der Waals surface area contributed by atoms with E-state index in [9.17, 15) is 13.2 Å². The molecule has 1 fully saturated rings. The Morgan fingerprint density at radius 3 is 2.47 bits per heavy atom. The van der Waals surface area contributed by atoms with Crippen LogP contribution in [-0.4, -0.2) is 43.8 Å². The fraction of sp³-hybridized carbons (Fsp3) is 1.00. The van der Waals surface area contributed by atoms with Crippen LogP contribution in [0.3, 0.4) is 0 Å². The molecule has 15 heavy (non-hydrogen) atoms. The number of piperidine rings is 1. The lowest BCUT2D eigenvalue weighted by molar-refractivity contribution is -0.192. The van der Waals surface area contributed by atoms with Gasteiger partial charge in [-0.2, -0.15) is 13.2 Å². The predicted molar refractivity (Wildman–Crippen MR) is 53.7 cm³/mol. The van der Waals surface area contributed by atoms with Crippen molar-refractivity contribution in [3.8, 4) is 0 Å². The summed E-state index contributed by atoms with van der Waals surface area (Å²) in [7, 11) is 3.35. The molecule has 1 aliphatic rings. The second kappa shape index (κ2) is 4.70. The number of hydrogen-bond donors (Lipinski definition) is 1. The van der Waals surface area contributed by atoms with E-state index in [0.717, 1.165) is 6.42 Å². The van der Waals surface area contributed by atoms with Crippen LogP contribution < -0.4 is 5.32 Å². The molecule has 0 aromatic carbocycles. The zero-order chi connectivity index (χ0) is 11.6. The van der Waals surface area contributed by atoms with Gasteiger partial charge in [0.25, 0.3) is 0 Å². The fourth-order valence-corrected chi connectivity index (χ4v) is 2.18. The molecule has 5 heteroatoms. The monoisotopic (exact) mass is 224 g/mol. The maximum absolute atomic E-state index is 12.7. The molecule has 3 unspecified atom stereocenters. The minimum Gasteiger partial charge on any atom is -0.317 e. The van der Waals surface area contributed by atoms with Crippen molar-refractivity contribution < 1.29 is 13.2 Å². The fourth-order valence-electron chi connectivity index (χ4n) is 2.18. The lowest BCUT2D eigenvalue weighted by Crippen LogP contribution is -2.51. The molecule has 90 valence electrons. The molecule has 1 heterocycles. The maximum Gasteiger partial charge on any atom is 0.404 e. The van der Waals surface area contributed by atoms with Gasteiger partial charge in [-0.15, -0.1) is 0 Å². The highest BCUT2D eigenvalue weighted by molar-refractivity contribution is 4.88. The van der Waals surface area contributed by atoms with E-state index in [-0.39, 0.29) is 18.4 Å². The standard InChI is InChI=1S/C10H19F3N2/c1-7(14-2)8-4-5-15(3)9(6-8)10(11,12)13/h7-9,14H,4-6H2,1-3H3.